The van der Waals surface area contributed by atoms with E-state index < -0.39 is 0 Å². The van der Waals surface area contributed by atoms with Crippen LogP contribution < -0.4 is 10.6 Å². The largest absolute Gasteiger partial charge is 0.351 e. The first kappa shape index (κ1) is 61.6. The lowest BCUT2D eigenvalue weighted by Crippen LogP contribution is -2.32. The molecule has 0 unspecified atom stereocenters. The number of hydrogen-bond acceptors (Lipinski definition) is 11. The molecule has 19 heteroatoms. The Bertz CT molecular complexity index is 4330. The van der Waals surface area contributed by atoms with Crippen molar-refractivity contribution in [2.45, 2.75) is 12.8 Å². The number of nitrogens with one attached hydrogen (secondary N) is 6. The summed E-state index contributed by atoms with van der Waals surface area (Å²) >= 11 is 0. The van der Waals surface area contributed by atoms with E-state index in [1.54, 1.807) is 9.80 Å². The maximum atomic E-state index is 13.5. The lowest BCUT2D eigenvalue weighted by molar-refractivity contribution is 0.0788. The van der Waals surface area contributed by atoms with Gasteiger partial charge in [-0.05, 0) is 180 Å². The maximum Gasteiger partial charge on any atom is 0.253 e. The number of benzene rings is 8. The van der Waals surface area contributed by atoms with Gasteiger partial charge in [-0.3, -0.25) is 19.2 Å². The highest BCUT2D eigenvalue weighted by atomic mass is 16.2. The van der Waals surface area contributed by atoms with Gasteiger partial charge in [0.1, 0.15) is 23.3 Å². The zero-order valence-electron chi connectivity index (χ0n) is 52.9. The summed E-state index contributed by atoms with van der Waals surface area (Å²) in [5.74, 6) is 2.62. The van der Waals surface area contributed by atoms with E-state index >= 15 is 0 Å². The summed E-state index contributed by atoms with van der Waals surface area (Å²) in [4.78, 5) is 95.5. The van der Waals surface area contributed by atoms with Gasteiger partial charge in [-0.15, -0.1) is 0 Å². The summed E-state index contributed by atoms with van der Waals surface area (Å²) in [6.07, 6.45) is 1.61. The van der Waals surface area contributed by atoms with Crippen molar-refractivity contribution in [1.29, 1.82) is 0 Å². The number of rotatable bonds is 24. The number of likely N-dealkylation sites (N-methyl/N-ethyl adjacent to an activating group) is 2. The number of fused-ring (bicyclic) bond motifs is 4. The van der Waals surface area contributed by atoms with Crippen LogP contribution in [0.5, 0.6) is 0 Å². The molecule has 12 rings (SSSR count). The van der Waals surface area contributed by atoms with E-state index in [-0.39, 0.29) is 23.6 Å². The van der Waals surface area contributed by atoms with Crippen molar-refractivity contribution in [1.82, 2.24) is 75.0 Å². The van der Waals surface area contributed by atoms with Crippen LogP contribution in [0.25, 0.3) is 112 Å². The standard InChI is InChI=1S/C73H75N15O4/c1-84(2)40-34-74-70(89)50-18-10-46(11-19-50)66-76-58-30-26-54(42-62(58)80-66)56-28-32-60-64(44-56)82-68(78-60)48-14-22-52(23-15-48)72(91)87(6)38-8-36-86(5)37-9-39-88(7)73(92)53-24-16-49(17-25-53)69-79-61-33-29-57(45-65(61)83-69)55-27-31-59-63(43-55)81-67(77-59)47-12-20-51(21-13-47)71(90)75-35-41-85(3)4/h10-33,42-45H,8-9,34-41H2,1-7H3,(H,74,89)(H,75,90)(H,76,80)(H,77,81)(H,78,82)(H,79,83). The van der Waals surface area contributed by atoms with Crippen molar-refractivity contribution < 1.29 is 19.2 Å². The number of aromatic amines is 4. The number of hydrogen-bond donors (Lipinski definition) is 6. The van der Waals surface area contributed by atoms with Crippen molar-refractivity contribution >= 4 is 67.8 Å². The maximum absolute atomic E-state index is 13.5. The Kier molecular flexibility index (Phi) is 18.3. The highest BCUT2D eigenvalue weighted by Gasteiger charge is 2.18. The quantitative estimate of drug-likeness (QED) is 0.0334. The molecule has 4 aromatic heterocycles. The number of aromatic nitrogens is 8. The van der Waals surface area contributed by atoms with Crippen LogP contribution in [0, 0.1) is 0 Å². The Balaban J connectivity index is 0.576. The van der Waals surface area contributed by atoms with Gasteiger partial charge in [0.2, 0.25) is 0 Å². The second-order valence-electron chi connectivity index (χ2n) is 24.2. The smallest absolute Gasteiger partial charge is 0.253 e. The molecule has 466 valence electrons. The fourth-order valence-electron chi connectivity index (χ4n) is 11.3. The Morgan fingerprint density at radius 2 is 0.587 bits per heavy atom. The molecule has 0 aliphatic rings. The van der Waals surface area contributed by atoms with Crippen molar-refractivity contribution in [3.63, 3.8) is 0 Å². The van der Waals surface area contributed by atoms with Gasteiger partial charge in [0.25, 0.3) is 23.6 Å². The van der Waals surface area contributed by atoms with Gasteiger partial charge in [-0.2, -0.15) is 0 Å². The molecule has 0 bridgehead atoms. The molecule has 0 fully saturated rings. The Morgan fingerprint density at radius 1 is 0.326 bits per heavy atom. The fraction of sp³-hybridized carbons (Fsp3) is 0.233. The first-order valence-corrected chi connectivity index (χ1v) is 31.0. The summed E-state index contributed by atoms with van der Waals surface area (Å²) in [7, 11) is 13.7. The van der Waals surface area contributed by atoms with Crippen LogP contribution in [-0.4, -0.2) is 190 Å². The van der Waals surface area contributed by atoms with Gasteiger partial charge >= 0.3 is 0 Å². The van der Waals surface area contributed by atoms with Crippen LogP contribution in [-0.2, 0) is 0 Å². The van der Waals surface area contributed by atoms with E-state index in [1.165, 1.54) is 0 Å². The molecule has 4 heterocycles. The molecule has 4 amide bonds. The predicted molar refractivity (Wildman–Crippen MR) is 367 cm³/mol. The normalized spacial score (nSPS) is 11.7. The minimum absolute atomic E-state index is 0.0420. The van der Waals surface area contributed by atoms with Crippen LogP contribution in [0.1, 0.15) is 54.3 Å². The number of nitrogens with zero attached hydrogens (tertiary/aromatic N) is 9. The van der Waals surface area contributed by atoms with E-state index in [9.17, 15) is 19.2 Å². The van der Waals surface area contributed by atoms with Gasteiger partial charge < -0.3 is 55.1 Å². The molecule has 0 atom stereocenters. The summed E-state index contributed by atoms with van der Waals surface area (Å²) in [5.41, 5.74) is 17.1. The topological polar surface area (TPSA) is 223 Å². The first-order chi connectivity index (χ1) is 44.5. The molecule has 0 radical (unpaired) electrons. The SMILES string of the molecule is CN(C)CCNC(=O)c1ccc(-c2nc3ccc(-c4ccc5nc(-c6ccc(C(=O)N(C)CCCN(C)CCCN(C)C(=O)c7ccc(-c8nc9ccc(-c%10ccc%11nc(-c%12ccc(C(=O)NCCN(C)C)cc%12)[nH]c%11c%10)cc9[nH]8)cc7)cc6)[nH]c5c4)cc3[nH]2)cc1. The molecule has 0 saturated carbocycles. The van der Waals surface area contributed by atoms with Crippen molar-refractivity contribution in [2.24, 2.45) is 0 Å². The predicted octanol–water partition coefficient (Wildman–Crippen LogP) is 11.3. The van der Waals surface area contributed by atoms with Gasteiger partial charge in [-0.1, -0.05) is 72.8 Å². The van der Waals surface area contributed by atoms with Gasteiger partial charge in [-0.25, -0.2) is 19.9 Å². The minimum atomic E-state index is -0.0985. The van der Waals surface area contributed by atoms with E-state index in [2.05, 4.69) is 91.0 Å². The molecule has 6 N–H and O–H groups in total. The highest BCUT2D eigenvalue weighted by Crippen LogP contribution is 2.32. The molecule has 0 aliphatic carbocycles. The molecule has 8 aromatic carbocycles. The summed E-state index contributed by atoms with van der Waals surface area (Å²) in [6, 6.07) is 54.8. The summed E-state index contributed by atoms with van der Waals surface area (Å²) in [6.45, 7) is 5.53. The fourth-order valence-corrected chi connectivity index (χ4v) is 11.3. The highest BCUT2D eigenvalue weighted by molar-refractivity contribution is 5.98. The average molecular weight is 1230 g/mol. The molecule has 0 saturated heterocycles. The Morgan fingerprint density at radius 3 is 0.859 bits per heavy atom. The average Bonchev–Trinajstić information content (AvgIpc) is 1.88. The van der Waals surface area contributed by atoms with Crippen molar-refractivity contribution in [2.75, 3.05) is 102 Å². The van der Waals surface area contributed by atoms with Crippen LogP contribution in [0.2, 0.25) is 0 Å². The van der Waals surface area contributed by atoms with Gasteiger partial charge in [0.05, 0.1) is 44.1 Å². The number of imidazole rings is 4. The second-order valence-corrected chi connectivity index (χ2v) is 24.2. The monoisotopic (exact) mass is 1230 g/mol. The number of H-pyrrole nitrogens is 4. The third-order valence-electron chi connectivity index (χ3n) is 16.7. The number of amides is 4. The minimum Gasteiger partial charge on any atom is -0.351 e. The molecule has 0 spiro atoms. The van der Waals surface area contributed by atoms with E-state index in [4.69, 9.17) is 19.9 Å². The summed E-state index contributed by atoms with van der Waals surface area (Å²) in [5, 5.41) is 5.91. The molecule has 19 nitrogen and oxygen atoms in total. The first-order valence-electron chi connectivity index (χ1n) is 31.0. The number of carbonyl (C=O) groups excluding carboxylic acids is 4. The third kappa shape index (κ3) is 14.2. The Labute approximate surface area is 533 Å². The van der Waals surface area contributed by atoms with E-state index in [1.807, 2.05) is 173 Å². The van der Waals surface area contributed by atoms with Gasteiger partial charge in [0.15, 0.2) is 0 Å². The second kappa shape index (κ2) is 27.2. The Hall–Kier alpha value is -10.6. The third-order valence-corrected chi connectivity index (χ3v) is 16.7. The van der Waals surface area contributed by atoms with Crippen LogP contribution in [0.3, 0.4) is 0 Å². The molecule has 12 aromatic rings. The van der Waals surface area contributed by atoms with Crippen LogP contribution >= 0.6 is 0 Å². The molecular formula is C73H75N15O4. The lowest BCUT2D eigenvalue weighted by atomic mass is 10.0. The summed E-state index contributed by atoms with van der Waals surface area (Å²) < 4.78 is 0. The zero-order chi connectivity index (χ0) is 64.0. The van der Waals surface area contributed by atoms with E-state index in [0.717, 1.165) is 151 Å². The molecule has 0 aliphatic heterocycles. The molecule has 92 heavy (non-hydrogen) atoms. The van der Waals surface area contributed by atoms with E-state index in [0.29, 0.717) is 48.4 Å². The number of carbonyl (C=O) groups is 4. The zero-order valence-corrected chi connectivity index (χ0v) is 52.9. The van der Waals surface area contributed by atoms with Crippen LogP contribution in [0.4, 0.5) is 0 Å². The lowest BCUT2D eigenvalue weighted by Gasteiger charge is -2.22. The van der Waals surface area contributed by atoms with Crippen LogP contribution in [0.15, 0.2) is 170 Å². The van der Waals surface area contributed by atoms with Crippen molar-refractivity contribution in [3.05, 3.63) is 192 Å². The van der Waals surface area contributed by atoms with Crippen molar-refractivity contribution in [3.8, 4) is 67.8 Å². The molecular weight excluding hydrogens is 1150 g/mol. The van der Waals surface area contributed by atoms with Gasteiger partial charge in [0, 0.05) is 97.9 Å².